The second-order valence-corrected chi connectivity index (χ2v) is 8.74. The molecule has 2 rings (SSSR count). The van der Waals surface area contributed by atoms with E-state index in [9.17, 15) is 8.42 Å². The Hall–Kier alpha value is -0.220. The number of sulfonamides is 1. The molecule has 0 bridgehead atoms. The zero-order valence-corrected chi connectivity index (χ0v) is 14.0. The van der Waals surface area contributed by atoms with E-state index in [1.54, 1.807) is 0 Å². The Kier molecular flexibility index (Phi) is 4.27. The minimum absolute atomic E-state index is 0.0271. The molecule has 0 radical (unpaired) electrons. The molecule has 96 valence electrons. The number of halogens is 3. The maximum absolute atomic E-state index is 12.1. The summed E-state index contributed by atoms with van der Waals surface area (Å²) in [6.45, 7) is 0. The van der Waals surface area contributed by atoms with Gasteiger partial charge in [-0.25, -0.2) is 13.4 Å². The van der Waals surface area contributed by atoms with Crippen LogP contribution in [0.25, 0.3) is 0 Å². The Bertz CT molecular complexity index is 689. The first-order valence-electron chi connectivity index (χ1n) is 4.35. The standard InChI is InChI=1S/C8H4Br2ClN3O2S2/c9-5-3-4(7(10)17-5)18(15,16)14-6-1-2-12-8(11)13-6/h1-3H,(H,12,13,14). The van der Waals surface area contributed by atoms with Gasteiger partial charge in [0.25, 0.3) is 10.0 Å². The van der Waals surface area contributed by atoms with Crippen molar-refractivity contribution in [3.8, 4) is 0 Å². The lowest BCUT2D eigenvalue weighted by Crippen LogP contribution is -2.13. The predicted molar refractivity (Wildman–Crippen MR) is 77.6 cm³/mol. The molecule has 0 saturated heterocycles. The summed E-state index contributed by atoms with van der Waals surface area (Å²) in [6, 6.07) is 2.92. The van der Waals surface area contributed by atoms with Crippen molar-refractivity contribution >= 4 is 70.6 Å². The summed E-state index contributed by atoms with van der Waals surface area (Å²) in [5.41, 5.74) is 0. The fourth-order valence-corrected chi connectivity index (χ4v) is 6.05. The second-order valence-electron chi connectivity index (χ2n) is 3.00. The van der Waals surface area contributed by atoms with Crippen molar-refractivity contribution in [2.75, 3.05) is 4.72 Å². The molecule has 0 aliphatic heterocycles. The second kappa shape index (κ2) is 5.41. The van der Waals surface area contributed by atoms with Gasteiger partial charge in [-0.3, -0.25) is 4.72 Å². The highest BCUT2D eigenvalue weighted by atomic mass is 79.9. The monoisotopic (exact) mass is 431 g/mol. The molecule has 2 aromatic rings. The molecular formula is C8H4Br2ClN3O2S2. The first-order chi connectivity index (χ1) is 8.38. The third kappa shape index (κ3) is 3.21. The molecule has 0 atom stereocenters. The van der Waals surface area contributed by atoms with Gasteiger partial charge in [0.2, 0.25) is 5.28 Å². The average molecular weight is 434 g/mol. The quantitative estimate of drug-likeness (QED) is 0.752. The van der Waals surface area contributed by atoms with E-state index in [-0.39, 0.29) is 16.0 Å². The largest absolute Gasteiger partial charge is 0.265 e. The molecule has 1 N–H and O–H groups in total. The zero-order valence-electron chi connectivity index (χ0n) is 8.39. The van der Waals surface area contributed by atoms with Crippen molar-refractivity contribution in [2.45, 2.75) is 4.90 Å². The molecule has 0 spiro atoms. The number of anilines is 1. The minimum Gasteiger partial charge on any atom is -0.263 e. The molecule has 0 aliphatic carbocycles. The van der Waals surface area contributed by atoms with E-state index in [1.165, 1.54) is 29.7 Å². The van der Waals surface area contributed by atoms with Crippen molar-refractivity contribution in [2.24, 2.45) is 0 Å². The summed E-state index contributed by atoms with van der Waals surface area (Å²) in [5, 5.41) is -0.0271. The average Bonchev–Trinajstić information content (AvgIpc) is 2.58. The maximum Gasteiger partial charge on any atom is 0.265 e. The van der Waals surface area contributed by atoms with Crippen LogP contribution in [0.4, 0.5) is 5.82 Å². The van der Waals surface area contributed by atoms with Crippen molar-refractivity contribution in [1.82, 2.24) is 9.97 Å². The zero-order chi connectivity index (χ0) is 13.3. The fourth-order valence-electron chi connectivity index (χ4n) is 1.09. The fraction of sp³-hybridized carbons (Fsp3) is 0. The van der Waals surface area contributed by atoms with E-state index in [1.807, 2.05) is 0 Å². The topological polar surface area (TPSA) is 72.0 Å². The van der Waals surface area contributed by atoms with Gasteiger partial charge < -0.3 is 0 Å². The highest BCUT2D eigenvalue weighted by Crippen LogP contribution is 2.35. The lowest BCUT2D eigenvalue weighted by Gasteiger charge is -2.05. The Morgan fingerprint density at radius 1 is 1.39 bits per heavy atom. The Balaban J connectivity index is 2.36. The highest BCUT2D eigenvalue weighted by Gasteiger charge is 2.21. The lowest BCUT2D eigenvalue weighted by atomic mass is 10.6. The molecular weight excluding hydrogens is 430 g/mol. The van der Waals surface area contributed by atoms with Crippen LogP contribution in [0.1, 0.15) is 0 Å². The van der Waals surface area contributed by atoms with E-state index in [0.717, 1.165) is 0 Å². The number of rotatable bonds is 3. The van der Waals surface area contributed by atoms with Crippen LogP contribution < -0.4 is 4.72 Å². The normalized spacial score (nSPS) is 11.5. The first-order valence-corrected chi connectivity index (χ1v) is 8.61. The van der Waals surface area contributed by atoms with Crippen LogP contribution in [-0.4, -0.2) is 18.4 Å². The van der Waals surface area contributed by atoms with Gasteiger partial charge in [-0.15, -0.1) is 11.3 Å². The predicted octanol–water partition coefficient (Wildman–Crippen LogP) is 3.52. The van der Waals surface area contributed by atoms with E-state index in [0.29, 0.717) is 7.57 Å². The van der Waals surface area contributed by atoms with Crippen molar-refractivity contribution < 1.29 is 8.42 Å². The van der Waals surface area contributed by atoms with Crippen LogP contribution in [0, 0.1) is 0 Å². The molecule has 5 nitrogen and oxygen atoms in total. The molecule has 0 unspecified atom stereocenters. The van der Waals surface area contributed by atoms with E-state index < -0.39 is 10.0 Å². The number of hydrogen-bond donors (Lipinski definition) is 1. The molecule has 0 amide bonds. The Morgan fingerprint density at radius 3 is 2.67 bits per heavy atom. The Morgan fingerprint density at radius 2 is 2.11 bits per heavy atom. The van der Waals surface area contributed by atoms with Crippen molar-refractivity contribution in [3.63, 3.8) is 0 Å². The van der Waals surface area contributed by atoms with E-state index >= 15 is 0 Å². The number of nitrogens with zero attached hydrogens (tertiary/aromatic N) is 2. The summed E-state index contributed by atoms with van der Waals surface area (Å²) in [6.07, 6.45) is 1.37. The van der Waals surface area contributed by atoms with Gasteiger partial charge in [0.15, 0.2) is 0 Å². The van der Waals surface area contributed by atoms with Gasteiger partial charge in [0.05, 0.1) is 7.57 Å². The molecule has 0 fully saturated rings. The van der Waals surface area contributed by atoms with Gasteiger partial charge in [-0.2, -0.15) is 4.98 Å². The molecule has 0 aromatic carbocycles. The van der Waals surface area contributed by atoms with Crippen molar-refractivity contribution in [3.05, 3.63) is 31.2 Å². The van der Waals surface area contributed by atoms with Gasteiger partial charge in [0, 0.05) is 6.20 Å². The number of nitrogens with one attached hydrogen (secondary N) is 1. The van der Waals surface area contributed by atoms with Crippen LogP contribution >= 0.6 is 54.8 Å². The third-order valence-corrected chi connectivity index (χ3v) is 6.07. The van der Waals surface area contributed by atoms with E-state index in [4.69, 9.17) is 11.6 Å². The van der Waals surface area contributed by atoms with Crippen LogP contribution in [0.2, 0.25) is 5.28 Å². The molecule has 2 aromatic heterocycles. The van der Waals surface area contributed by atoms with Gasteiger partial charge >= 0.3 is 0 Å². The summed E-state index contributed by atoms with van der Waals surface area (Å²) >= 11 is 13.3. The van der Waals surface area contributed by atoms with Gasteiger partial charge in [0.1, 0.15) is 10.7 Å². The molecule has 10 heteroatoms. The number of thiophene rings is 1. The summed E-state index contributed by atoms with van der Waals surface area (Å²) in [5.74, 6) is 0.115. The van der Waals surface area contributed by atoms with Crippen LogP contribution in [0.3, 0.4) is 0 Å². The Labute approximate surface area is 129 Å². The van der Waals surface area contributed by atoms with Gasteiger partial charge in [-0.05, 0) is 55.6 Å². The number of hydrogen-bond acceptors (Lipinski definition) is 5. The van der Waals surface area contributed by atoms with Gasteiger partial charge in [-0.1, -0.05) is 0 Å². The maximum atomic E-state index is 12.1. The van der Waals surface area contributed by atoms with Crippen LogP contribution in [0.5, 0.6) is 0 Å². The smallest absolute Gasteiger partial charge is 0.263 e. The van der Waals surface area contributed by atoms with E-state index in [2.05, 4.69) is 46.5 Å². The molecule has 0 aliphatic rings. The number of aromatic nitrogens is 2. The molecule has 2 heterocycles. The minimum atomic E-state index is -3.71. The SMILES string of the molecule is O=S(=O)(Nc1ccnc(Cl)n1)c1cc(Br)sc1Br. The summed E-state index contributed by atoms with van der Waals surface area (Å²) in [7, 11) is -3.71. The van der Waals surface area contributed by atoms with Crippen LogP contribution in [0.15, 0.2) is 30.8 Å². The third-order valence-electron chi connectivity index (χ3n) is 1.78. The van der Waals surface area contributed by atoms with Crippen molar-refractivity contribution in [1.29, 1.82) is 0 Å². The highest BCUT2D eigenvalue weighted by molar-refractivity contribution is 9.12. The first kappa shape index (κ1) is 14.2. The van der Waals surface area contributed by atoms with Crippen LogP contribution in [-0.2, 0) is 10.0 Å². The summed E-state index contributed by atoms with van der Waals surface area (Å²) < 4.78 is 27.7. The lowest BCUT2D eigenvalue weighted by molar-refractivity contribution is 0.601. The molecule has 18 heavy (non-hydrogen) atoms. The molecule has 0 saturated carbocycles. The summed E-state index contributed by atoms with van der Waals surface area (Å²) in [4.78, 5) is 7.56.